The normalized spacial score (nSPS) is 10.7. The second kappa shape index (κ2) is 7.31. The van der Waals surface area contributed by atoms with Gasteiger partial charge in [0.15, 0.2) is 0 Å². The molecule has 1 radical (unpaired) electrons. The first-order valence-corrected chi connectivity index (χ1v) is 8.23. The minimum absolute atomic E-state index is 0.247. The molecule has 3 rings (SSSR count). The molecule has 0 N–H and O–H groups in total. The maximum atomic E-state index is 13.2. The lowest BCUT2D eigenvalue weighted by molar-refractivity contribution is 0.556. The molecule has 0 atom stereocenters. The minimum Gasteiger partial charge on any atom is -0.272 e. The molecule has 0 fully saturated rings. The minimum atomic E-state index is -0.269. The Balaban J connectivity index is 2.13. The molecular formula is C22H19FNO. The van der Waals surface area contributed by atoms with Crippen LogP contribution in [0.3, 0.4) is 0 Å². The SMILES string of the molecule is CC(C)c1ccc(-c2ccc(F)cc2)cc1N([C]=O)c1ccccc1. The molecule has 0 heterocycles. The maximum Gasteiger partial charge on any atom is 0.321 e. The number of rotatable bonds is 5. The maximum absolute atomic E-state index is 13.2. The van der Waals surface area contributed by atoms with Crippen molar-refractivity contribution in [1.82, 2.24) is 0 Å². The molecule has 0 aliphatic carbocycles. The van der Waals surface area contributed by atoms with E-state index in [1.165, 1.54) is 17.0 Å². The summed E-state index contributed by atoms with van der Waals surface area (Å²) in [5, 5.41) is 0. The summed E-state index contributed by atoms with van der Waals surface area (Å²) < 4.78 is 13.2. The first-order chi connectivity index (χ1) is 12.1. The Morgan fingerprint density at radius 2 is 1.52 bits per heavy atom. The number of halogens is 1. The summed E-state index contributed by atoms with van der Waals surface area (Å²) in [6.45, 7) is 4.18. The lowest BCUT2D eigenvalue weighted by Gasteiger charge is -2.23. The molecule has 0 saturated heterocycles. The van der Waals surface area contributed by atoms with Crippen molar-refractivity contribution in [3.05, 3.63) is 84.2 Å². The molecule has 0 aliphatic rings. The summed E-state index contributed by atoms with van der Waals surface area (Å²) in [6, 6.07) is 21.8. The van der Waals surface area contributed by atoms with Crippen LogP contribution in [0.2, 0.25) is 0 Å². The molecule has 25 heavy (non-hydrogen) atoms. The van der Waals surface area contributed by atoms with Crippen molar-refractivity contribution < 1.29 is 9.18 Å². The highest BCUT2D eigenvalue weighted by Crippen LogP contribution is 2.35. The van der Waals surface area contributed by atoms with Crippen molar-refractivity contribution in [2.45, 2.75) is 19.8 Å². The zero-order valence-corrected chi connectivity index (χ0v) is 14.2. The average Bonchev–Trinajstić information content (AvgIpc) is 2.63. The largest absolute Gasteiger partial charge is 0.321 e. The Morgan fingerprint density at radius 3 is 2.12 bits per heavy atom. The van der Waals surface area contributed by atoms with E-state index >= 15 is 0 Å². The van der Waals surface area contributed by atoms with Gasteiger partial charge in [-0.25, -0.2) is 4.39 Å². The van der Waals surface area contributed by atoms with Crippen molar-refractivity contribution in [3.8, 4) is 11.1 Å². The van der Waals surface area contributed by atoms with Crippen molar-refractivity contribution in [2.75, 3.05) is 4.90 Å². The molecular weight excluding hydrogens is 313 g/mol. The van der Waals surface area contributed by atoms with Gasteiger partial charge in [0.2, 0.25) is 0 Å². The Morgan fingerprint density at radius 1 is 0.880 bits per heavy atom. The van der Waals surface area contributed by atoms with Crippen LogP contribution < -0.4 is 4.90 Å². The number of para-hydroxylation sites is 1. The number of hydrogen-bond donors (Lipinski definition) is 0. The van der Waals surface area contributed by atoms with Crippen molar-refractivity contribution in [3.63, 3.8) is 0 Å². The Kier molecular flexibility index (Phi) is 4.94. The van der Waals surface area contributed by atoms with Crippen LogP contribution in [0.5, 0.6) is 0 Å². The second-order valence-corrected chi connectivity index (χ2v) is 6.20. The summed E-state index contributed by atoms with van der Waals surface area (Å²) >= 11 is 0. The van der Waals surface area contributed by atoms with Gasteiger partial charge >= 0.3 is 6.41 Å². The molecule has 2 nitrogen and oxygen atoms in total. The molecule has 0 aliphatic heterocycles. The molecule has 0 unspecified atom stereocenters. The summed E-state index contributed by atoms with van der Waals surface area (Å²) in [6.07, 6.45) is 2.04. The summed E-state index contributed by atoms with van der Waals surface area (Å²) in [7, 11) is 0. The average molecular weight is 332 g/mol. The standard InChI is InChI=1S/C22H19FNO/c1-16(2)21-13-10-18(17-8-11-19(23)12-9-17)14-22(21)24(15-25)20-6-4-3-5-7-20/h3-14,16H,1-2H3. The zero-order valence-electron chi connectivity index (χ0n) is 14.2. The van der Waals surface area contributed by atoms with Crippen molar-refractivity contribution in [1.29, 1.82) is 0 Å². The molecule has 3 heteroatoms. The highest BCUT2D eigenvalue weighted by atomic mass is 19.1. The van der Waals surface area contributed by atoms with E-state index in [9.17, 15) is 9.18 Å². The van der Waals surface area contributed by atoms with Gasteiger partial charge in [0.25, 0.3) is 0 Å². The Labute approximate surface area is 147 Å². The van der Waals surface area contributed by atoms with Gasteiger partial charge in [0.05, 0.1) is 5.69 Å². The monoisotopic (exact) mass is 332 g/mol. The second-order valence-electron chi connectivity index (χ2n) is 6.20. The van der Waals surface area contributed by atoms with Crippen LogP contribution >= 0.6 is 0 Å². The first-order valence-electron chi connectivity index (χ1n) is 8.23. The third-order valence-corrected chi connectivity index (χ3v) is 4.18. The first kappa shape index (κ1) is 16.9. The van der Waals surface area contributed by atoms with Crippen molar-refractivity contribution in [2.24, 2.45) is 0 Å². The van der Waals surface area contributed by atoms with E-state index in [1.807, 2.05) is 54.9 Å². The highest BCUT2D eigenvalue weighted by Gasteiger charge is 2.17. The topological polar surface area (TPSA) is 20.3 Å². The van der Waals surface area contributed by atoms with E-state index in [4.69, 9.17) is 0 Å². The fourth-order valence-corrected chi connectivity index (χ4v) is 2.87. The van der Waals surface area contributed by atoms with Crippen molar-refractivity contribution >= 4 is 17.8 Å². The van der Waals surface area contributed by atoms with Crippen LogP contribution in [0.15, 0.2) is 72.8 Å². The lowest BCUT2D eigenvalue weighted by Crippen LogP contribution is -2.16. The van der Waals surface area contributed by atoms with Gasteiger partial charge in [-0.3, -0.25) is 9.69 Å². The predicted molar refractivity (Wildman–Crippen MR) is 100 cm³/mol. The third kappa shape index (κ3) is 3.61. The number of nitrogens with zero attached hydrogens (tertiary/aromatic N) is 1. The fraction of sp³-hybridized carbons (Fsp3) is 0.136. The van der Waals surface area contributed by atoms with Gasteiger partial charge in [0.1, 0.15) is 5.82 Å². The molecule has 0 saturated carbocycles. The molecule has 3 aromatic carbocycles. The van der Waals surface area contributed by atoms with Crippen LogP contribution in [-0.2, 0) is 4.79 Å². The summed E-state index contributed by atoms with van der Waals surface area (Å²) in [5.41, 5.74) is 4.43. The van der Waals surface area contributed by atoms with E-state index in [0.717, 1.165) is 28.1 Å². The molecule has 0 spiro atoms. The molecule has 1 amide bonds. The molecule has 3 aromatic rings. The van der Waals surface area contributed by atoms with E-state index in [2.05, 4.69) is 13.8 Å². The van der Waals surface area contributed by atoms with Crippen LogP contribution in [0.1, 0.15) is 25.3 Å². The van der Waals surface area contributed by atoms with E-state index in [0.29, 0.717) is 0 Å². The predicted octanol–water partition coefficient (Wildman–Crippen LogP) is 5.82. The van der Waals surface area contributed by atoms with Gasteiger partial charge in [-0.05, 0) is 52.9 Å². The van der Waals surface area contributed by atoms with Crippen LogP contribution in [0.4, 0.5) is 15.8 Å². The quantitative estimate of drug-likeness (QED) is 0.539. The van der Waals surface area contributed by atoms with Gasteiger partial charge in [-0.2, -0.15) is 0 Å². The number of anilines is 2. The molecule has 0 aromatic heterocycles. The third-order valence-electron chi connectivity index (χ3n) is 4.18. The van der Waals surface area contributed by atoms with E-state index < -0.39 is 0 Å². The smallest absolute Gasteiger partial charge is 0.272 e. The van der Waals surface area contributed by atoms with Gasteiger partial charge in [-0.1, -0.05) is 56.3 Å². The summed E-state index contributed by atoms with van der Waals surface area (Å²) in [4.78, 5) is 13.3. The van der Waals surface area contributed by atoms with Crippen LogP contribution in [-0.4, -0.2) is 6.41 Å². The lowest BCUT2D eigenvalue weighted by atomic mass is 9.95. The number of hydrogen-bond acceptors (Lipinski definition) is 1. The Hall–Kier alpha value is -2.94. The van der Waals surface area contributed by atoms with Crippen LogP contribution in [0, 0.1) is 5.82 Å². The zero-order chi connectivity index (χ0) is 17.8. The van der Waals surface area contributed by atoms with Crippen LogP contribution in [0.25, 0.3) is 11.1 Å². The Bertz CT molecular complexity index is 857. The fourth-order valence-electron chi connectivity index (χ4n) is 2.87. The van der Waals surface area contributed by atoms with E-state index in [1.54, 1.807) is 12.1 Å². The van der Waals surface area contributed by atoms with Gasteiger partial charge in [0, 0.05) is 5.69 Å². The molecule has 125 valence electrons. The number of benzene rings is 3. The van der Waals surface area contributed by atoms with E-state index in [-0.39, 0.29) is 11.7 Å². The highest BCUT2D eigenvalue weighted by molar-refractivity contribution is 5.90. The van der Waals surface area contributed by atoms with Gasteiger partial charge in [-0.15, -0.1) is 0 Å². The number of amides is 1. The number of carbonyl (C=O) groups excluding carboxylic acids is 1. The molecule has 0 bridgehead atoms. The summed E-state index contributed by atoms with van der Waals surface area (Å²) in [5.74, 6) is -0.0215. The van der Waals surface area contributed by atoms with Gasteiger partial charge < -0.3 is 0 Å².